The average Bonchev–Trinajstić information content (AvgIpc) is 2.49. The van der Waals surface area contributed by atoms with E-state index in [0.717, 1.165) is 11.4 Å². The first-order chi connectivity index (χ1) is 10.1. The van der Waals surface area contributed by atoms with Crippen molar-refractivity contribution in [2.24, 2.45) is 0 Å². The maximum Gasteiger partial charge on any atom is 0.272 e. The fraction of sp³-hybridized carbons (Fsp3) is 0.250. The Kier molecular flexibility index (Phi) is 5.17. The van der Waals surface area contributed by atoms with Crippen molar-refractivity contribution in [1.29, 1.82) is 0 Å². The molecule has 0 unspecified atom stereocenters. The highest BCUT2D eigenvalue weighted by Gasteiger charge is 2.13. The number of halogens is 1. The third kappa shape index (κ3) is 3.95. The van der Waals surface area contributed by atoms with Gasteiger partial charge in [0.15, 0.2) is 0 Å². The molecule has 0 aliphatic rings. The van der Waals surface area contributed by atoms with Crippen LogP contribution in [-0.4, -0.2) is 28.9 Å². The Morgan fingerprint density at radius 2 is 1.95 bits per heavy atom. The van der Waals surface area contributed by atoms with Crippen molar-refractivity contribution in [3.8, 4) is 0 Å². The Labute approximate surface area is 129 Å². The predicted octanol–water partition coefficient (Wildman–Crippen LogP) is 3.96. The lowest BCUT2D eigenvalue weighted by Crippen LogP contribution is -2.31. The van der Waals surface area contributed by atoms with Gasteiger partial charge in [-0.3, -0.25) is 4.79 Å². The first-order valence-electron chi connectivity index (χ1n) is 6.92. The molecule has 0 bridgehead atoms. The number of carbonyl (C=O) groups excluding carboxylic acids is 1. The predicted molar refractivity (Wildman–Crippen MR) is 86.2 cm³/mol. The average molecular weight is 304 g/mol. The van der Waals surface area contributed by atoms with Gasteiger partial charge in [0, 0.05) is 23.8 Å². The van der Waals surface area contributed by atoms with E-state index in [1.165, 1.54) is 0 Å². The van der Waals surface area contributed by atoms with E-state index in [0.29, 0.717) is 23.8 Å². The Balaban J connectivity index is 2.10. The minimum atomic E-state index is -0.0469. The number of nitrogens with zero attached hydrogens (tertiary/aromatic N) is 2. The SMILES string of the molecule is CCN(CC)C(=O)c1ccc(Nc2cccc(Cl)c2)cn1. The Morgan fingerprint density at radius 3 is 2.52 bits per heavy atom. The molecule has 1 aromatic heterocycles. The summed E-state index contributed by atoms with van der Waals surface area (Å²) in [7, 11) is 0. The van der Waals surface area contributed by atoms with Gasteiger partial charge in [-0.1, -0.05) is 17.7 Å². The highest BCUT2D eigenvalue weighted by atomic mass is 35.5. The molecular formula is C16H18ClN3O. The molecule has 1 aromatic carbocycles. The summed E-state index contributed by atoms with van der Waals surface area (Å²) in [5.74, 6) is -0.0469. The van der Waals surface area contributed by atoms with E-state index in [4.69, 9.17) is 11.6 Å². The molecule has 110 valence electrons. The molecule has 1 amide bonds. The Bertz CT molecular complexity index is 609. The first-order valence-corrected chi connectivity index (χ1v) is 7.29. The first kappa shape index (κ1) is 15.3. The van der Waals surface area contributed by atoms with Crippen molar-refractivity contribution < 1.29 is 4.79 Å². The van der Waals surface area contributed by atoms with E-state index in [2.05, 4.69) is 10.3 Å². The number of anilines is 2. The van der Waals surface area contributed by atoms with Crippen molar-refractivity contribution in [2.75, 3.05) is 18.4 Å². The largest absolute Gasteiger partial charge is 0.354 e. The van der Waals surface area contributed by atoms with Crippen LogP contribution in [0.25, 0.3) is 0 Å². The Hall–Kier alpha value is -2.07. The van der Waals surface area contributed by atoms with Gasteiger partial charge < -0.3 is 10.2 Å². The van der Waals surface area contributed by atoms with E-state index in [1.54, 1.807) is 17.2 Å². The lowest BCUT2D eigenvalue weighted by atomic mass is 10.2. The summed E-state index contributed by atoms with van der Waals surface area (Å²) in [5, 5.41) is 3.86. The molecule has 0 atom stereocenters. The third-order valence-corrected chi connectivity index (χ3v) is 3.38. The molecule has 0 radical (unpaired) electrons. The zero-order chi connectivity index (χ0) is 15.2. The van der Waals surface area contributed by atoms with Gasteiger partial charge in [0.25, 0.3) is 5.91 Å². The van der Waals surface area contributed by atoms with Crippen LogP contribution >= 0.6 is 11.6 Å². The van der Waals surface area contributed by atoms with Crippen LogP contribution in [-0.2, 0) is 0 Å². The van der Waals surface area contributed by atoms with Gasteiger partial charge in [0.05, 0.1) is 11.9 Å². The number of benzene rings is 1. The lowest BCUT2D eigenvalue weighted by Gasteiger charge is -2.18. The standard InChI is InChI=1S/C16H18ClN3O/c1-3-20(4-2)16(21)15-9-8-14(11-18-15)19-13-7-5-6-12(17)10-13/h5-11,19H,3-4H2,1-2H3. The van der Waals surface area contributed by atoms with Crippen molar-refractivity contribution in [3.05, 3.63) is 53.3 Å². The second-order valence-electron chi connectivity index (χ2n) is 4.54. The van der Waals surface area contributed by atoms with Crippen molar-refractivity contribution in [1.82, 2.24) is 9.88 Å². The molecule has 0 fully saturated rings. The highest BCUT2D eigenvalue weighted by Crippen LogP contribution is 2.19. The molecule has 0 spiro atoms. The van der Waals surface area contributed by atoms with Gasteiger partial charge in [-0.25, -0.2) is 4.98 Å². The summed E-state index contributed by atoms with van der Waals surface area (Å²) in [6.45, 7) is 5.27. The number of carbonyl (C=O) groups is 1. The number of nitrogens with one attached hydrogen (secondary N) is 1. The molecule has 0 saturated carbocycles. The normalized spacial score (nSPS) is 10.2. The van der Waals surface area contributed by atoms with Gasteiger partial charge in [0.2, 0.25) is 0 Å². The molecule has 1 N–H and O–H groups in total. The second-order valence-corrected chi connectivity index (χ2v) is 4.98. The van der Waals surface area contributed by atoms with Crippen LogP contribution < -0.4 is 5.32 Å². The molecule has 0 aliphatic carbocycles. The van der Waals surface area contributed by atoms with Crippen LogP contribution in [0.3, 0.4) is 0 Å². The molecule has 21 heavy (non-hydrogen) atoms. The number of rotatable bonds is 5. The summed E-state index contributed by atoms with van der Waals surface area (Å²) in [6.07, 6.45) is 1.65. The maximum atomic E-state index is 12.1. The van der Waals surface area contributed by atoms with Crippen LogP contribution in [0, 0.1) is 0 Å². The summed E-state index contributed by atoms with van der Waals surface area (Å²) in [6, 6.07) is 11.0. The summed E-state index contributed by atoms with van der Waals surface area (Å²) < 4.78 is 0. The van der Waals surface area contributed by atoms with Crippen LogP contribution in [0.1, 0.15) is 24.3 Å². The summed E-state index contributed by atoms with van der Waals surface area (Å²) in [4.78, 5) is 18.1. The maximum absolute atomic E-state index is 12.1. The molecule has 2 aromatic rings. The Morgan fingerprint density at radius 1 is 1.19 bits per heavy atom. The smallest absolute Gasteiger partial charge is 0.272 e. The van der Waals surface area contributed by atoms with E-state index < -0.39 is 0 Å². The van der Waals surface area contributed by atoms with Gasteiger partial charge >= 0.3 is 0 Å². The molecular weight excluding hydrogens is 286 g/mol. The molecule has 5 heteroatoms. The van der Waals surface area contributed by atoms with E-state index in [1.807, 2.05) is 44.2 Å². The minimum Gasteiger partial charge on any atom is -0.354 e. The number of hydrogen-bond donors (Lipinski definition) is 1. The second kappa shape index (κ2) is 7.09. The number of hydrogen-bond acceptors (Lipinski definition) is 3. The van der Waals surface area contributed by atoms with E-state index in [9.17, 15) is 4.79 Å². The summed E-state index contributed by atoms with van der Waals surface area (Å²) in [5.41, 5.74) is 2.15. The van der Waals surface area contributed by atoms with Crippen LogP contribution in [0.2, 0.25) is 5.02 Å². The molecule has 2 rings (SSSR count). The number of aromatic nitrogens is 1. The van der Waals surface area contributed by atoms with Crippen molar-refractivity contribution in [2.45, 2.75) is 13.8 Å². The van der Waals surface area contributed by atoms with E-state index >= 15 is 0 Å². The summed E-state index contributed by atoms with van der Waals surface area (Å²) >= 11 is 5.94. The van der Waals surface area contributed by atoms with Crippen LogP contribution in [0.4, 0.5) is 11.4 Å². The number of amides is 1. The zero-order valence-corrected chi connectivity index (χ0v) is 12.9. The fourth-order valence-electron chi connectivity index (χ4n) is 2.00. The third-order valence-electron chi connectivity index (χ3n) is 3.15. The molecule has 1 heterocycles. The van der Waals surface area contributed by atoms with Gasteiger partial charge in [-0.2, -0.15) is 0 Å². The number of pyridine rings is 1. The van der Waals surface area contributed by atoms with Gasteiger partial charge in [-0.15, -0.1) is 0 Å². The quantitative estimate of drug-likeness (QED) is 0.909. The van der Waals surface area contributed by atoms with Gasteiger partial charge in [-0.05, 0) is 44.2 Å². The molecule has 4 nitrogen and oxygen atoms in total. The fourth-order valence-corrected chi connectivity index (χ4v) is 2.19. The van der Waals surface area contributed by atoms with Crippen LogP contribution in [0.5, 0.6) is 0 Å². The van der Waals surface area contributed by atoms with Crippen molar-refractivity contribution >= 4 is 28.9 Å². The highest BCUT2D eigenvalue weighted by molar-refractivity contribution is 6.30. The van der Waals surface area contributed by atoms with Crippen molar-refractivity contribution in [3.63, 3.8) is 0 Å². The van der Waals surface area contributed by atoms with Crippen LogP contribution in [0.15, 0.2) is 42.6 Å². The topological polar surface area (TPSA) is 45.2 Å². The zero-order valence-electron chi connectivity index (χ0n) is 12.1. The molecule has 0 saturated heterocycles. The lowest BCUT2D eigenvalue weighted by molar-refractivity contribution is 0.0767. The molecule has 0 aliphatic heterocycles. The van der Waals surface area contributed by atoms with Gasteiger partial charge in [0.1, 0.15) is 5.69 Å². The minimum absolute atomic E-state index is 0.0469. The monoisotopic (exact) mass is 303 g/mol. The van der Waals surface area contributed by atoms with E-state index in [-0.39, 0.29) is 5.91 Å².